The van der Waals surface area contributed by atoms with Crippen molar-refractivity contribution in [3.05, 3.63) is 29.8 Å². The van der Waals surface area contributed by atoms with Crippen molar-refractivity contribution in [2.75, 3.05) is 6.54 Å². The maximum Gasteiger partial charge on any atom is 0.227 e. The zero-order valence-corrected chi connectivity index (χ0v) is 12.3. The SMILES string of the molecule is Cc1ccnc(-c2noc(CC(CN)CC(C)C)n2)c1. The summed E-state index contributed by atoms with van der Waals surface area (Å²) in [7, 11) is 0. The molecule has 0 saturated heterocycles. The predicted octanol–water partition coefficient (Wildman–Crippen LogP) is 2.60. The number of nitrogens with two attached hydrogens (primary N) is 1. The van der Waals surface area contributed by atoms with Crippen molar-refractivity contribution in [2.24, 2.45) is 17.6 Å². The number of aromatic nitrogens is 3. The van der Waals surface area contributed by atoms with Crippen molar-refractivity contribution < 1.29 is 4.52 Å². The summed E-state index contributed by atoms with van der Waals surface area (Å²) in [5.74, 6) is 2.18. The lowest BCUT2D eigenvalue weighted by Crippen LogP contribution is -2.19. The smallest absolute Gasteiger partial charge is 0.227 e. The summed E-state index contributed by atoms with van der Waals surface area (Å²) in [6, 6.07) is 3.89. The second-order valence-electron chi connectivity index (χ2n) is 5.67. The topological polar surface area (TPSA) is 77.8 Å². The second-order valence-corrected chi connectivity index (χ2v) is 5.67. The number of nitrogens with zero attached hydrogens (tertiary/aromatic N) is 3. The third kappa shape index (κ3) is 3.87. The zero-order chi connectivity index (χ0) is 14.5. The molecule has 0 aliphatic heterocycles. The Morgan fingerprint density at radius 2 is 2.15 bits per heavy atom. The average molecular weight is 274 g/mol. The van der Waals surface area contributed by atoms with Gasteiger partial charge in [-0.15, -0.1) is 0 Å². The molecule has 108 valence electrons. The Morgan fingerprint density at radius 1 is 1.35 bits per heavy atom. The van der Waals surface area contributed by atoms with Crippen molar-refractivity contribution in [1.82, 2.24) is 15.1 Å². The molecular weight excluding hydrogens is 252 g/mol. The fourth-order valence-corrected chi connectivity index (χ4v) is 2.28. The van der Waals surface area contributed by atoms with E-state index in [1.54, 1.807) is 6.20 Å². The summed E-state index contributed by atoms with van der Waals surface area (Å²) < 4.78 is 5.32. The maximum absolute atomic E-state index is 5.80. The molecule has 0 fully saturated rings. The molecule has 0 radical (unpaired) electrons. The quantitative estimate of drug-likeness (QED) is 0.876. The Kier molecular flexibility index (Phi) is 4.84. The lowest BCUT2D eigenvalue weighted by Gasteiger charge is -2.14. The fourth-order valence-electron chi connectivity index (χ4n) is 2.28. The van der Waals surface area contributed by atoms with Crippen LogP contribution in [0.25, 0.3) is 11.5 Å². The molecule has 1 atom stereocenters. The highest BCUT2D eigenvalue weighted by Gasteiger charge is 2.16. The van der Waals surface area contributed by atoms with E-state index in [0.29, 0.717) is 30.1 Å². The first-order chi connectivity index (χ1) is 9.58. The summed E-state index contributed by atoms with van der Waals surface area (Å²) in [5.41, 5.74) is 7.67. The van der Waals surface area contributed by atoms with Crippen LogP contribution in [0, 0.1) is 18.8 Å². The van der Waals surface area contributed by atoms with Gasteiger partial charge < -0.3 is 10.3 Å². The molecule has 20 heavy (non-hydrogen) atoms. The van der Waals surface area contributed by atoms with Gasteiger partial charge in [-0.25, -0.2) is 0 Å². The van der Waals surface area contributed by atoms with E-state index in [1.165, 1.54) is 0 Å². The first-order valence-corrected chi connectivity index (χ1v) is 7.04. The summed E-state index contributed by atoms with van der Waals surface area (Å²) in [4.78, 5) is 8.68. The highest BCUT2D eigenvalue weighted by Crippen LogP contribution is 2.18. The van der Waals surface area contributed by atoms with Gasteiger partial charge in [-0.1, -0.05) is 19.0 Å². The lowest BCUT2D eigenvalue weighted by molar-refractivity contribution is 0.332. The summed E-state index contributed by atoms with van der Waals surface area (Å²) in [5, 5.41) is 4.00. The Bertz CT molecular complexity index is 550. The van der Waals surface area contributed by atoms with Crippen LogP contribution < -0.4 is 5.73 Å². The molecule has 2 aromatic heterocycles. The van der Waals surface area contributed by atoms with E-state index in [9.17, 15) is 0 Å². The summed E-state index contributed by atoms with van der Waals surface area (Å²) >= 11 is 0. The fraction of sp³-hybridized carbons (Fsp3) is 0.533. The van der Waals surface area contributed by atoms with Crippen molar-refractivity contribution in [3.8, 4) is 11.5 Å². The normalized spacial score (nSPS) is 12.8. The van der Waals surface area contributed by atoms with Crippen molar-refractivity contribution >= 4 is 0 Å². The van der Waals surface area contributed by atoms with Crippen LogP contribution in [0.4, 0.5) is 0 Å². The minimum atomic E-state index is 0.383. The number of pyridine rings is 1. The molecule has 1 unspecified atom stereocenters. The Morgan fingerprint density at radius 3 is 2.80 bits per heavy atom. The van der Waals surface area contributed by atoms with Gasteiger partial charge in [-0.3, -0.25) is 4.98 Å². The van der Waals surface area contributed by atoms with Gasteiger partial charge in [0.15, 0.2) is 0 Å². The van der Waals surface area contributed by atoms with Crippen molar-refractivity contribution in [1.29, 1.82) is 0 Å². The van der Waals surface area contributed by atoms with Crippen LogP contribution in [-0.4, -0.2) is 21.7 Å². The standard InChI is InChI=1S/C15H22N4O/c1-10(2)6-12(9-16)8-14-18-15(19-20-14)13-7-11(3)4-5-17-13/h4-5,7,10,12H,6,8-9,16H2,1-3H3. The molecule has 0 aliphatic rings. The zero-order valence-electron chi connectivity index (χ0n) is 12.3. The second kappa shape index (κ2) is 6.61. The van der Waals surface area contributed by atoms with Gasteiger partial charge in [-0.2, -0.15) is 4.98 Å². The van der Waals surface area contributed by atoms with Crippen LogP contribution in [0.2, 0.25) is 0 Å². The van der Waals surface area contributed by atoms with Gasteiger partial charge >= 0.3 is 0 Å². The largest absolute Gasteiger partial charge is 0.339 e. The Hall–Kier alpha value is -1.75. The molecule has 0 bridgehead atoms. The first-order valence-electron chi connectivity index (χ1n) is 7.04. The van der Waals surface area contributed by atoms with Crippen LogP contribution in [-0.2, 0) is 6.42 Å². The highest BCUT2D eigenvalue weighted by molar-refractivity contribution is 5.48. The van der Waals surface area contributed by atoms with E-state index in [2.05, 4.69) is 29.0 Å². The molecule has 2 heterocycles. The molecule has 5 heteroatoms. The molecule has 0 saturated carbocycles. The Balaban J connectivity index is 2.09. The minimum Gasteiger partial charge on any atom is -0.339 e. The van der Waals surface area contributed by atoms with E-state index >= 15 is 0 Å². The van der Waals surface area contributed by atoms with Gasteiger partial charge in [0.2, 0.25) is 11.7 Å². The number of rotatable bonds is 6. The van der Waals surface area contributed by atoms with E-state index in [4.69, 9.17) is 10.3 Å². The molecule has 0 aliphatic carbocycles. The molecular formula is C15H22N4O. The van der Waals surface area contributed by atoms with Crippen LogP contribution >= 0.6 is 0 Å². The third-order valence-corrected chi connectivity index (χ3v) is 3.21. The van der Waals surface area contributed by atoms with Gasteiger partial charge in [-0.05, 0) is 49.4 Å². The molecule has 0 amide bonds. The van der Waals surface area contributed by atoms with Crippen LogP contribution in [0.5, 0.6) is 0 Å². The molecule has 5 nitrogen and oxygen atoms in total. The van der Waals surface area contributed by atoms with Crippen molar-refractivity contribution in [3.63, 3.8) is 0 Å². The minimum absolute atomic E-state index is 0.383. The van der Waals surface area contributed by atoms with Gasteiger partial charge in [0.05, 0.1) is 0 Å². The van der Waals surface area contributed by atoms with Gasteiger partial charge in [0.1, 0.15) is 5.69 Å². The first kappa shape index (κ1) is 14.7. The highest BCUT2D eigenvalue weighted by atomic mass is 16.5. The Labute approximate surface area is 119 Å². The van der Waals surface area contributed by atoms with Crippen LogP contribution in [0.15, 0.2) is 22.9 Å². The molecule has 2 rings (SSSR count). The average Bonchev–Trinajstić information content (AvgIpc) is 2.86. The number of aryl methyl sites for hydroxylation is 1. The van der Waals surface area contributed by atoms with E-state index in [0.717, 1.165) is 24.1 Å². The molecule has 2 N–H and O–H groups in total. The van der Waals surface area contributed by atoms with Crippen LogP contribution in [0.3, 0.4) is 0 Å². The van der Waals surface area contributed by atoms with Crippen molar-refractivity contribution in [2.45, 2.75) is 33.6 Å². The number of hydrogen-bond donors (Lipinski definition) is 1. The van der Waals surface area contributed by atoms with Gasteiger partial charge in [0.25, 0.3) is 0 Å². The van der Waals surface area contributed by atoms with E-state index in [1.807, 2.05) is 19.1 Å². The predicted molar refractivity (Wildman–Crippen MR) is 78.0 cm³/mol. The van der Waals surface area contributed by atoms with Crippen LogP contribution in [0.1, 0.15) is 31.7 Å². The summed E-state index contributed by atoms with van der Waals surface area (Å²) in [6.45, 7) is 7.04. The summed E-state index contributed by atoms with van der Waals surface area (Å²) in [6.07, 6.45) is 3.55. The molecule has 0 aromatic carbocycles. The molecule has 0 spiro atoms. The van der Waals surface area contributed by atoms with E-state index < -0.39 is 0 Å². The monoisotopic (exact) mass is 274 g/mol. The third-order valence-electron chi connectivity index (χ3n) is 3.21. The van der Waals surface area contributed by atoms with Gasteiger partial charge in [0, 0.05) is 12.6 Å². The van der Waals surface area contributed by atoms with E-state index in [-0.39, 0.29) is 0 Å². The lowest BCUT2D eigenvalue weighted by atomic mass is 9.94. The molecule has 2 aromatic rings. The number of hydrogen-bond acceptors (Lipinski definition) is 5. The maximum atomic E-state index is 5.80.